The Hall–Kier alpha value is -0.800. The zero-order valence-electron chi connectivity index (χ0n) is 12.0. The molecular weight excluding hydrogens is 258 g/mol. The van der Waals surface area contributed by atoms with Gasteiger partial charge in [0.2, 0.25) is 0 Å². The number of hydrogen-bond donors (Lipinski definition) is 1. The minimum atomic E-state index is 0.476. The predicted octanol–water partition coefficient (Wildman–Crippen LogP) is 3.61. The van der Waals surface area contributed by atoms with Crippen molar-refractivity contribution in [3.63, 3.8) is 0 Å². The summed E-state index contributed by atoms with van der Waals surface area (Å²) < 4.78 is 0. The molecular formula is C15H24ClN3. The fraction of sp³-hybridized carbons (Fsp3) is 0.667. The van der Waals surface area contributed by atoms with Crippen LogP contribution in [0.25, 0.3) is 0 Å². The monoisotopic (exact) mass is 281 g/mol. The summed E-state index contributed by atoms with van der Waals surface area (Å²) in [4.78, 5) is 6.90. The maximum absolute atomic E-state index is 6.40. The van der Waals surface area contributed by atoms with Gasteiger partial charge < -0.3 is 10.2 Å². The van der Waals surface area contributed by atoms with Crippen molar-refractivity contribution in [3.8, 4) is 0 Å². The Labute approximate surface area is 121 Å². The number of rotatable bonds is 4. The van der Waals surface area contributed by atoms with E-state index in [0.29, 0.717) is 6.04 Å². The number of halogens is 1. The van der Waals surface area contributed by atoms with Gasteiger partial charge in [0.1, 0.15) is 5.82 Å². The smallest absolute Gasteiger partial charge is 0.147 e. The van der Waals surface area contributed by atoms with Crippen molar-refractivity contribution in [2.24, 2.45) is 0 Å². The molecule has 2 rings (SSSR count). The zero-order valence-corrected chi connectivity index (χ0v) is 12.7. The molecule has 0 unspecified atom stereocenters. The van der Waals surface area contributed by atoms with E-state index < -0.39 is 0 Å². The number of pyridine rings is 1. The maximum atomic E-state index is 6.40. The largest absolute Gasteiger partial charge is 0.355 e. The van der Waals surface area contributed by atoms with E-state index in [9.17, 15) is 0 Å². The van der Waals surface area contributed by atoms with E-state index in [1.54, 1.807) is 0 Å². The summed E-state index contributed by atoms with van der Waals surface area (Å²) >= 11 is 6.40. The summed E-state index contributed by atoms with van der Waals surface area (Å²) in [7, 11) is 0. The Morgan fingerprint density at radius 1 is 1.26 bits per heavy atom. The molecule has 0 saturated carbocycles. The number of anilines is 1. The summed E-state index contributed by atoms with van der Waals surface area (Å²) in [6, 6.07) is 2.52. The van der Waals surface area contributed by atoms with Crippen LogP contribution in [0.4, 0.5) is 5.82 Å². The van der Waals surface area contributed by atoms with Gasteiger partial charge in [-0.3, -0.25) is 0 Å². The second-order valence-corrected chi connectivity index (χ2v) is 5.99. The van der Waals surface area contributed by atoms with Crippen LogP contribution in [-0.4, -0.2) is 24.1 Å². The Morgan fingerprint density at radius 3 is 2.53 bits per heavy atom. The lowest BCUT2D eigenvalue weighted by atomic mass is 10.2. The number of nitrogens with zero attached hydrogens (tertiary/aromatic N) is 2. The van der Waals surface area contributed by atoms with E-state index in [-0.39, 0.29) is 0 Å². The molecule has 1 aliphatic heterocycles. The van der Waals surface area contributed by atoms with Crippen molar-refractivity contribution in [1.29, 1.82) is 0 Å². The molecule has 1 fully saturated rings. The van der Waals surface area contributed by atoms with Gasteiger partial charge in [-0.05, 0) is 24.5 Å². The maximum Gasteiger partial charge on any atom is 0.147 e. The molecule has 0 aliphatic carbocycles. The SMILES string of the molecule is CC(C)NCc1cnc(N2CCCCCC2)c(Cl)c1. The highest BCUT2D eigenvalue weighted by Gasteiger charge is 2.14. The highest BCUT2D eigenvalue weighted by Crippen LogP contribution is 2.26. The molecule has 1 saturated heterocycles. The van der Waals surface area contributed by atoms with E-state index in [0.717, 1.165) is 36.0 Å². The van der Waals surface area contributed by atoms with Crippen LogP contribution in [0.15, 0.2) is 12.3 Å². The van der Waals surface area contributed by atoms with Gasteiger partial charge in [0, 0.05) is 31.9 Å². The highest BCUT2D eigenvalue weighted by atomic mass is 35.5. The average molecular weight is 282 g/mol. The molecule has 0 bridgehead atoms. The molecule has 1 aromatic heterocycles. The molecule has 106 valence electrons. The third-order valence-electron chi connectivity index (χ3n) is 3.50. The summed E-state index contributed by atoms with van der Waals surface area (Å²) in [6.45, 7) is 7.26. The van der Waals surface area contributed by atoms with Gasteiger partial charge in [0.15, 0.2) is 0 Å². The number of nitrogens with one attached hydrogen (secondary N) is 1. The topological polar surface area (TPSA) is 28.2 Å². The van der Waals surface area contributed by atoms with Crippen molar-refractivity contribution in [2.75, 3.05) is 18.0 Å². The number of aromatic nitrogens is 1. The van der Waals surface area contributed by atoms with E-state index in [1.807, 2.05) is 12.3 Å². The Balaban J connectivity index is 2.05. The third kappa shape index (κ3) is 4.36. The van der Waals surface area contributed by atoms with Crippen LogP contribution in [-0.2, 0) is 6.54 Å². The molecule has 0 spiro atoms. The fourth-order valence-corrected chi connectivity index (χ4v) is 2.71. The molecule has 0 aromatic carbocycles. The van der Waals surface area contributed by atoms with Crippen molar-refractivity contribution in [1.82, 2.24) is 10.3 Å². The molecule has 3 nitrogen and oxygen atoms in total. The molecule has 1 N–H and O–H groups in total. The van der Waals surface area contributed by atoms with Crippen molar-refractivity contribution in [3.05, 3.63) is 22.8 Å². The van der Waals surface area contributed by atoms with Crippen LogP contribution in [0.3, 0.4) is 0 Å². The van der Waals surface area contributed by atoms with E-state index in [4.69, 9.17) is 11.6 Å². The zero-order chi connectivity index (χ0) is 13.7. The lowest BCUT2D eigenvalue weighted by molar-refractivity contribution is 0.588. The van der Waals surface area contributed by atoms with Gasteiger partial charge in [-0.15, -0.1) is 0 Å². The van der Waals surface area contributed by atoms with Gasteiger partial charge in [-0.25, -0.2) is 4.98 Å². The summed E-state index contributed by atoms with van der Waals surface area (Å²) in [6.07, 6.45) is 7.08. The number of hydrogen-bond acceptors (Lipinski definition) is 3. The fourth-order valence-electron chi connectivity index (χ4n) is 2.40. The Bertz CT molecular complexity index is 398. The predicted molar refractivity (Wildman–Crippen MR) is 81.9 cm³/mol. The van der Waals surface area contributed by atoms with Crippen LogP contribution >= 0.6 is 11.6 Å². The van der Waals surface area contributed by atoms with Gasteiger partial charge >= 0.3 is 0 Å². The first kappa shape index (κ1) is 14.6. The minimum absolute atomic E-state index is 0.476. The average Bonchev–Trinajstić information content (AvgIpc) is 2.65. The molecule has 0 radical (unpaired) electrons. The second kappa shape index (κ2) is 7.11. The van der Waals surface area contributed by atoms with Crippen LogP contribution in [0.1, 0.15) is 45.1 Å². The minimum Gasteiger partial charge on any atom is -0.355 e. The van der Waals surface area contributed by atoms with Crippen molar-refractivity contribution < 1.29 is 0 Å². The summed E-state index contributed by atoms with van der Waals surface area (Å²) in [5.74, 6) is 0.955. The quantitative estimate of drug-likeness (QED) is 0.914. The van der Waals surface area contributed by atoms with Gasteiger partial charge in [0.05, 0.1) is 5.02 Å². The Morgan fingerprint density at radius 2 is 1.95 bits per heavy atom. The van der Waals surface area contributed by atoms with E-state index in [1.165, 1.54) is 25.7 Å². The van der Waals surface area contributed by atoms with Crippen LogP contribution in [0, 0.1) is 0 Å². The first-order valence-electron chi connectivity index (χ1n) is 7.29. The standard InChI is InChI=1S/C15H24ClN3/c1-12(2)17-10-13-9-14(16)15(18-11-13)19-7-5-3-4-6-8-19/h9,11-12,17H,3-8,10H2,1-2H3. The summed E-state index contributed by atoms with van der Waals surface area (Å²) in [5, 5.41) is 4.17. The van der Waals surface area contributed by atoms with Crippen molar-refractivity contribution in [2.45, 2.75) is 52.1 Å². The molecule has 19 heavy (non-hydrogen) atoms. The third-order valence-corrected chi connectivity index (χ3v) is 3.78. The second-order valence-electron chi connectivity index (χ2n) is 5.59. The lowest BCUT2D eigenvalue weighted by Gasteiger charge is -2.22. The molecule has 0 atom stereocenters. The van der Waals surface area contributed by atoms with Gasteiger partial charge in [-0.2, -0.15) is 0 Å². The first-order chi connectivity index (χ1) is 9.16. The van der Waals surface area contributed by atoms with E-state index in [2.05, 4.69) is 29.0 Å². The molecule has 0 amide bonds. The normalized spacial score (nSPS) is 16.7. The van der Waals surface area contributed by atoms with Crippen LogP contribution in [0.2, 0.25) is 5.02 Å². The van der Waals surface area contributed by atoms with Crippen molar-refractivity contribution >= 4 is 17.4 Å². The van der Waals surface area contributed by atoms with Gasteiger partial charge in [0.25, 0.3) is 0 Å². The van der Waals surface area contributed by atoms with Crippen LogP contribution < -0.4 is 10.2 Å². The molecule has 1 aromatic rings. The van der Waals surface area contributed by atoms with Crippen LogP contribution in [0.5, 0.6) is 0 Å². The summed E-state index contributed by atoms with van der Waals surface area (Å²) in [5.41, 5.74) is 1.15. The molecule has 4 heteroatoms. The van der Waals surface area contributed by atoms with Gasteiger partial charge in [-0.1, -0.05) is 38.3 Å². The molecule has 1 aliphatic rings. The first-order valence-corrected chi connectivity index (χ1v) is 7.67. The molecule has 2 heterocycles. The Kier molecular flexibility index (Phi) is 5.46. The highest BCUT2D eigenvalue weighted by molar-refractivity contribution is 6.33. The van der Waals surface area contributed by atoms with E-state index >= 15 is 0 Å². The lowest BCUT2D eigenvalue weighted by Crippen LogP contribution is -2.26.